The summed E-state index contributed by atoms with van der Waals surface area (Å²) >= 11 is 0. The van der Waals surface area contributed by atoms with E-state index in [0.717, 1.165) is 0 Å². The molecule has 1 aromatic heterocycles. The summed E-state index contributed by atoms with van der Waals surface area (Å²) in [6.07, 6.45) is 0.843. The van der Waals surface area contributed by atoms with Crippen LogP contribution in [0.5, 0.6) is 0 Å². The van der Waals surface area contributed by atoms with Gasteiger partial charge in [0.15, 0.2) is 0 Å². The highest BCUT2D eigenvalue weighted by molar-refractivity contribution is 6.62. The van der Waals surface area contributed by atoms with Crippen molar-refractivity contribution >= 4 is 29.6 Å². The standard InChI is InChI=1S/C24H33BFN3O5/c1-22(2,3)32-21(31)29-10-8-14(9-11-29)19-27-18-16(20(30)28-19)12-15(13-17(18)26)25-33-23(4,5)24(6,7)34-25/h12-14H,8-11H2,1-7H3,(H,27,28,30). The number of hydrogen-bond acceptors (Lipinski definition) is 6. The first-order valence-corrected chi connectivity index (χ1v) is 11.7. The van der Waals surface area contributed by atoms with Crippen molar-refractivity contribution in [1.82, 2.24) is 14.9 Å². The Kier molecular flexibility index (Phi) is 6.05. The molecule has 10 heteroatoms. The Morgan fingerprint density at radius 1 is 1.18 bits per heavy atom. The predicted octanol–water partition coefficient (Wildman–Crippen LogP) is 3.48. The summed E-state index contributed by atoms with van der Waals surface area (Å²) in [7, 11) is -0.778. The van der Waals surface area contributed by atoms with E-state index in [2.05, 4.69) is 9.97 Å². The number of piperidine rings is 1. The molecular weight excluding hydrogens is 440 g/mol. The summed E-state index contributed by atoms with van der Waals surface area (Å²) in [6.45, 7) is 14.1. The second-order valence-electron chi connectivity index (χ2n) is 11.2. The number of halogens is 1. The molecule has 4 rings (SSSR count). The van der Waals surface area contributed by atoms with Crippen LogP contribution in [0.2, 0.25) is 0 Å². The Labute approximate surface area is 199 Å². The predicted molar refractivity (Wildman–Crippen MR) is 128 cm³/mol. The van der Waals surface area contributed by atoms with Crippen molar-refractivity contribution in [3.8, 4) is 0 Å². The number of H-pyrrole nitrogens is 1. The molecule has 0 saturated carbocycles. The third kappa shape index (κ3) is 4.70. The van der Waals surface area contributed by atoms with Gasteiger partial charge in [-0.05, 0) is 78.9 Å². The average molecular weight is 473 g/mol. The summed E-state index contributed by atoms with van der Waals surface area (Å²) in [5.74, 6) is -0.248. The Morgan fingerprint density at radius 3 is 2.32 bits per heavy atom. The van der Waals surface area contributed by atoms with E-state index in [0.29, 0.717) is 37.2 Å². The highest BCUT2D eigenvalue weighted by Gasteiger charge is 2.52. The van der Waals surface area contributed by atoms with Gasteiger partial charge in [-0.3, -0.25) is 4.79 Å². The van der Waals surface area contributed by atoms with E-state index >= 15 is 4.39 Å². The van der Waals surface area contributed by atoms with Crippen LogP contribution in [0.25, 0.3) is 10.9 Å². The highest BCUT2D eigenvalue weighted by Crippen LogP contribution is 2.36. The molecule has 2 saturated heterocycles. The minimum atomic E-state index is -0.778. The molecule has 2 aliphatic heterocycles. The minimum absolute atomic E-state index is 0.0218. The SMILES string of the molecule is CC(C)(C)OC(=O)N1CCC(c2nc3c(F)cc(B4OC(C)(C)C(C)(C)O4)cc3c(=O)[nH]2)CC1. The lowest BCUT2D eigenvalue weighted by Crippen LogP contribution is -2.41. The van der Waals surface area contributed by atoms with Crippen LogP contribution in [0, 0.1) is 5.82 Å². The molecule has 0 bridgehead atoms. The Morgan fingerprint density at radius 2 is 1.76 bits per heavy atom. The number of ether oxygens (including phenoxy) is 1. The monoisotopic (exact) mass is 473 g/mol. The number of aromatic nitrogens is 2. The van der Waals surface area contributed by atoms with Gasteiger partial charge in [0.1, 0.15) is 22.8 Å². The largest absolute Gasteiger partial charge is 0.494 e. The normalized spacial score (nSPS) is 20.7. The molecule has 0 radical (unpaired) electrons. The average Bonchev–Trinajstić information content (AvgIpc) is 2.94. The number of carbonyl (C=O) groups excluding carboxylic acids is 1. The van der Waals surface area contributed by atoms with Crippen LogP contribution in [0.4, 0.5) is 9.18 Å². The van der Waals surface area contributed by atoms with E-state index in [1.807, 2.05) is 48.5 Å². The molecule has 1 aromatic carbocycles. The first-order chi connectivity index (χ1) is 15.7. The number of likely N-dealkylation sites (tertiary alicyclic amines) is 1. The lowest BCUT2D eigenvalue weighted by molar-refractivity contribution is 0.00578. The molecule has 2 fully saturated rings. The van der Waals surface area contributed by atoms with E-state index < -0.39 is 35.3 Å². The molecule has 34 heavy (non-hydrogen) atoms. The maximum absolute atomic E-state index is 15.1. The van der Waals surface area contributed by atoms with Crippen molar-refractivity contribution in [1.29, 1.82) is 0 Å². The first kappa shape index (κ1) is 24.7. The van der Waals surface area contributed by atoms with Gasteiger partial charge in [0.2, 0.25) is 0 Å². The fourth-order valence-corrected chi connectivity index (χ4v) is 4.21. The van der Waals surface area contributed by atoms with Gasteiger partial charge in [-0.25, -0.2) is 14.2 Å². The van der Waals surface area contributed by atoms with Crippen molar-refractivity contribution in [3.63, 3.8) is 0 Å². The number of fused-ring (bicyclic) bond motifs is 1. The van der Waals surface area contributed by atoms with Crippen LogP contribution in [-0.4, -0.2) is 58.0 Å². The number of rotatable bonds is 2. The van der Waals surface area contributed by atoms with E-state index in [4.69, 9.17) is 14.0 Å². The highest BCUT2D eigenvalue weighted by atomic mass is 19.1. The van der Waals surface area contributed by atoms with E-state index in [9.17, 15) is 9.59 Å². The molecule has 0 spiro atoms. The Bertz CT molecular complexity index is 1150. The van der Waals surface area contributed by atoms with Gasteiger partial charge < -0.3 is 23.9 Å². The molecule has 0 atom stereocenters. The summed E-state index contributed by atoms with van der Waals surface area (Å²) < 4.78 is 32.6. The van der Waals surface area contributed by atoms with E-state index in [1.165, 1.54) is 6.07 Å². The summed E-state index contributed by atoms with van der Waals surface area (Å²) in [6, 6.07) is 2.91. The molecule has 1 N–H and O–H groups in total. The lowest BCUT2D eigenvalue weighted by atomic mass is 9.78. The van der Waals surface area contributed by atoms with Gasteiger partial charge in [-0.2, -0.15) is 0 Å². The molecular formula is C24H33BFN3O5. The lowest BCUT2D eigenvalue weighted by Gasteiger charge is -2.33. The van der Waals surface area contributed by atoms with E-state index in [1.54, 1.807) is 11.0 Å². The summed E-state index contributed by atoms with van der Waals surface area (Å²) in [5, 5.41) is 0.152. The zero-order valence-corrected chi connectivity index (χ0v) is 21.0. The molecule has 0 unspecified atom stereocenters. The van der Waals surface area contributed by atoms with Gasteiger partial charge >= 0.3 is 13.2 Å². The molecule has 1 amide bonds. The van der Waals surface area contributed by atoms with Crippen LogP contribution in [0.1, 0.15) is 73.1 Å². The summed E-state index contributed by atoms with van der Waals surface area (Å²) in [5.41, 5.74) is -1.66. The first-order valence-electron chi connectivity index (χ1n) is 11.7. The number of amides is 1. The second kappa shape index (κ2) is 8.34. The van der Waals surface area contributed by atoms with Crippen LogP contribution >= 0.6 is 0 Å². The maximum atomic E-state index is 15.1. The Hall–Kier alpha value is -2.46. The second-order valence-corrected chi connectivity index (χ2v) is 11.2. The smallest absolute Gasteiger partial charge is 0.444 e. The molecule has 0 aliphatic carbocycles. The number of nitrogens with one attached hydrogen (secondary N) is 1. The third-order valence-corrected chi connectivity index (χ3v) is 6.86. The van der Waals surface area contributed by atoms with E-state index in [-0.39, 0.29) is 22.9 Å². The molecule has 2 aliphatic rings. The summed E-state index contributed by atoms with van der Waals surface area (Å²) in [4.78, 5) is 34.2. The van der Waals surface area contributed by atoms with Gasteiger partial charge in [0.25, 0.3) is 5.56 Å². The van der Waals surface area contributed by atoms with Crippen molar-refractivity contribution in [3.05, 3.63) is 34.1 Å². The Balaban J connectivity index is 1.55. The van der Waals surface area contributed by atoms with Crippen LogP contribution in [0.3, 0.4) is 0 Å². The van der Waals surface area contributed by atoms with Crippen LogP contribution < -0.4 is 11.0 Å². The van der Waals surface area contributed by atoms with Gasteiger partial charge in [0.05, 0.1) is 16.6 Å². The third-order valence-electron chi connectivity index (χ3n) is 6.86. The number of benzene rings is 1. The van der Waals surface area contributed by atoms with Gasteiger partial charge in [-0.1, -0.05) is 0 Å². The minimum Gasteiger partial charge on any atom is -0.444 e. The molecule has 3 heterocycles. The number of hydrogen-bond donors (Lipinski definition) is 1. The van der Waals surface area contributed by atoms with Crippen LogP contribution in [0.15, 0.2) is 16.9 Å². The quantitative estimate of drug-likeness (QED) is 0.672. The zero-order chi connectivity index (χ0) is 25.1. The van der Waals surface area contributed by atoms with Crippen molar-refractivity contribution in [2.75, 3.05) is 13.1 Å². The number of aromatic amines is 1. The fourth-order valence-electron chi connectivity index (χ4n) is 4.21. The van der Waals surface area contributed by atoms with Crippen LogP contribution in [-0.2, 0) is 14.0 Å². The van der Waals surface area contributed by atoms with Gasteiger partial charge in [-0.15, -0.1) is 0 Å². The maximum Gasteiger partial charge on any atom is 0.494 e. The molecule has 8 nitrogen and oxygen atoms in total. The molecule has 2 aromatic rings. The number of nitrogens with zero attached hydrogens (tertiary/aromatic N) is 2. The fraction of sp³-hybridized carbons (Fsp3) is 0.625. The van der Waals surface area contributed by atoms with Crippen molar-refractivity contribution in [2.45, 2.75) is 84.0 Å². The topological polar surface area (TPSA) is 93.8 Å². The number of carbonyl (C=O) groups is 1. The van der Waals surface area contributed by atoms with Gasteiger partial charge in [0, 0.05) is 19.0 Å². The zero-order valence-electron chi connectivity index (χ0n) is 21.0. The van der Waals surface area contributed by atoms with Crippen molar-refractivity contribution in [2.24, 2.45) is 0 Å². The van der Waals surface area contributed by atoms with Crippen molar-refractivity contribution < 1.29 is 23.2 Å². The molecule has 184 valence electrons.